The third-order valence-electron chi connectivity index (χ3n) is 4.13. The van der Waals surface area contributed by atoms with Gasteiger partial charge in [0.2, 0.25) is 5.91 Å². The van der Waals surface area contributed by atoms with Gasteiger partial charge in [0.15, 0.2) is 5.11 Å². The zero-order valence-electron chi connectivity index (χ0n) is 17.0. The lowest BCUT2D eigenvalue weighted by molar-refractivity contribution is -0.128. The van der Waals surface area contributed by atoms with Crippen LogP contribution in [-0.2, 0) is 11.2 Å². The lowest BCUT2D eigenvalue weighted by Crippen LogP contribution is -2.34. The summed E-state index contributed by atoms with van der Waals surface area (Å²) in [6, 6.07) is 14.6. The van der Waals surface area contributed by atoms with Crippen molar-refractivity contribution in [3.8, 4) is 5.75 Å². The zero-order chi connectivity index (χ0) is 21.2. The van der Waals surface area contributed by atoms with Crippen LogP contribution in [0.1, 0.15) is 35.7 Å². The summed E-state index contributed by atoms with van der Waals surface area (Å²) in [5, 5.41) is 5.88. The Balaban J connectivity index is 1.87. The van der Waals surface area contributed by atoms with Crippen molar-refractivity contribution in [2.75, 3.05) is 26.0 Å². The first-order valence-corrected chi connectivity index (χ1v) is 9.94. The van der Waals surface area contributed by atoms with E-state index >= 15 is 0 Å². The van der Waals surface area contributed by atoms with Gasteiger partial charge in [-0.15, -0.1) is 0 Å². The molecule has 2 aromatic carbocycles. The summed E-state index contributed by atoms with van der Waals surface area (Å²) in [5.74, 6) is 0.449. The SMILES string of the molecule is CCCOc1cccc(C(=O)NC(=S)Nc2ccc(CCC(=O)N(C)C)cc2)c1. The second-order valence-corrected chi connectivity index (χ2v) is 7.18. The molecule has 0 saturated carbocycles. The normalized spacial score (nSPS) is 10.2. The van der Waals surface area contributed by atoms with Crippen molar-refractivity contribution in [2.45, 2.75) is 26.2 Å². The van der Waals surface area contributed by atoms with Gasteiger partial charge in [-0.25, -0.2) is 0 Å². The molecule has 2 rings (SSSR count). The fraction of sp³-hybridized carbons (Fsp3) is 0.318. The maximum atomic E-state index is 12.4. The fourth-order valence-corrected chi connectivity index (χ4v) is 2.72. The van der Waals surface area contributed by atoms with E-state index in [4.69, 9.17) is 17.0 Å². The Morgan fingerprint density at radius 1 is 1.10 bits per heavy atom. The van der Waals surface area contributed by atoms with Gasteiger partial charge >= 0.3 is 0 Å². The van der Waals surface area contributed by atoms with Crippen molar-refractivity contribution >= 4 is 34.8 Å². The van der Waals surface area contributed by atoms with Crippen LogP contribution in [0.2, 0.25) is 0 Å². The summed E-state index contributed by atoms with van der Waals surface area (Å²) in [7, 11) is 3.50. The summed E-state index contributed by atoms with van der Waals surface area (Å²) in [5.41, 5.74) is 2.30. The Bertz CT molecular complexity index is 851. The molecule has 0 aliphatic heterocycles. The van der Waals surface area contributed by atoms with Crippen molar-refractivity contribution in [1.29, 1.82) is 0 Å². The van der Waals surface area contributed by atoms with Crippen molar-refractivity contribution in [3.05, 3.63) is 59.7 Å². The standard InChI is InChI=1S/C22H27N3O3S/c1-4-14-28-19-7-5-6-17(15-19)21(27)24-22(29)23-18-11-8-16(9-12-18)10-13-20(26)25(2)3/h5-9,11-12,15H,4,10,13-14H2,1-3H3,(H2,23,24,27,29). The van der Waals surface area contributed by atoms with Gasteiger partial charge in [0.05, 0.1) is 6.61 Å². The average molecular weight is 414 g/mol. The molecule has 0 radical (unpaired) electrons. The van der Waals surface area contributed by atoms with E-state index < -0.39 is 0 Å². The largest absolute Gasteiger partial charge is 0.494 e. The first-order valence-electron chi connectivity index (χ1n) is 9.53. The van der Waals surface area contributed by atoms with Gasteiger partial charge in [-0.1, -0.05) is 25.1 Å². The molecule has 2 amide bonds. The Labute approximate surface area is 177 Å². The van der Waals surface area contributed by atoms with E-state index in [9.17, 15) is 9.59 Å². The topological polar surface area (TPSA) is 70.7 Å². The van der Waals surface area contributed by atoms with Crippen molar-refractivity contribution in [2.24, 2.45) is 0 Å². The minimum Gasteiger partial charge on any atom is -0.494 e. The van der Waals surface area contributed by atoms with Crippen LogP contribution < -0.4 is 15.4 Å². The van der Waals surface area contributed by atoms with Crippen LogP contribution in [0.4, 0.5) is 5.69 Å². The van der Waals surface area contributed by atoms with Crippen molar-refractivity contribution in [1.82, 2.24) is 10.2 Å². The molecule has 29 heavy (non-hydrogen) atoms. The molecule has 0 aliphatic rings. The molecule has 0 heterocycles. The molecule has 0 fully saturated rings. The van der Waals surface area contributed by atoms with E-state index in [0.29, 0.717) is 30.8 Å². The molecule has 0 bridgehead atoms. The maximum Gasteiger partial charge on any atom is 0.257 e. The van der Waals surface area contributed by atoms with Crippen LogP contribution >= 0.6 is 12.2 Å². The van der Waals surface area contributed by atoms with Gasteiger partial charge in [0, 0.05) is 31.8 Å². The van der Waals surface area contributed by atoms with Gasteiger partial charge in [-0.2, -0.15) is 0 Å². The molecule has 0 aromatic heterocycles. The number of ether oxygens (including phenoxy) is 1. The first-order chi connectivity index (χ1) is 13.9. The number of carbonyl (C=O) groups excluding carboxylic acids is 2. The monoisotopic (exact) mass is 413 g/mol. The maximum absolute atomic E-state index is 12.4. The Morgan fingerprint density at radius 3 is 2.48 bits per heavy atom. The first kappa shape index (κ1) is 22.4. The molecule has 6 nitrogen and oxygen atoms in total. The number of amides is 2. The number of thiocarbonyl (C=S) groups is 1. The smallest absolute Gasteiger partial charge is 0.257 e. The predicted molar refractivity (Wildman–Crippen MR) is 119 cm³/mol. The number of hydrogen-bond donors (Lipinski definition) is 2. The zero-order valence-corrected chi connectivity index (χ0v) is 17.8. The molecule has 0 saturated heterocycles. The highest BCUT2D eigenvalue weighted by Crippen LogP contribution is 2.14. The van der Waals surface area contributed by atoms with Gasteiger partial charge in [-0.05, 0) is 61.0 Å². The highest BCUT2D eigenvalue weighted by molar-refractivity contribution is 7.80. The number of nitrogens with one attached hydrogen (secondary N) is 2. The van der Waals surface area contributed by atoms with Gasteiger partial charge in [-0.3, -0.25) is 14.9 Å². The Kier molecular flexibility index (Phi) is 8.61. The number of benzene rings is 2. The summed E-state index contributed by atoms with van der Waals surface area (Å²) < 4.78 is 5.55. The van der Waals surface area contributed by atoms with Gasteiger partial charge < -0.3 is 15.0 Å². The van der Waals surface area contributed by atoms with Crippen LogP contribution in [0.5, 0.6) is 5.75 Å². The average Bonchev–Trinajstić information content (AvgIpc) is 2.71. The number of nitrogens with zero attached hydrogens (tertiary/aromatic N) is 1. The summed E-state index contributed by atoms with van der Waals surface area (Å²) >= 11 is 5.24. The molecule has 2 N–H and O–H groups in total. The number of anilines is 1. The third kappa shape index (κ3) is 7.54. The Hall–Kier alpha value is -2.93. The number of carbonyl (C=O) groups is 2. The van der Waals surface area contributed by atoms with Gasteiger partial charge in [0.1, 0.15) is 5.75 Å². The quantitative estimate of drug-likeness (QED) is 0.647. The molecule has 0 atom stereocenters. The van der Waals surface area contributed by atoms with E-state index in [2.05, 4.69) is 10.6 Å². The van der Waals surface area contributed by atoms with E-state index in [-0.39, 0.29) is 16.9 Å². The lowest BCUT2D eigenvalue weighted by atomic mass is 10.1. The van der Waals surface area contributed by atoms with E-state index in [1.54, 1.807) is 37.2 Å². The molecule has 7 heteroatoms. The number of hydrogen-bond acceptors (Lipinski definition) is 4. The van der Waals surface area contributed by atoms with Crippen LogP contribution in [-0.4, -0.2) is 42.5 Å². The minimum absolute atomic E-state index is 0.0975. The van der Waals surface area contributed by atoms with Crippen LogP contribution in [0.25, 0.3) is 0 Å². The van der Waals surface area contributed by atoms with Crippen LogP contribution in [0.15, 0.2) is 48.5 Å². The fourth-order valence-electron chi connectivity index (χ4n) is 2.51. The summed E-state index contributed by atoms with van der Waals surface area (Å²) in [6.45, 7) is 2.63. The van der Waals surface area contributed by atoms with Crippen LogP contribution in [0.3, 0.4) is 0 Å². The van der Waals surface area contributed by atoms with E-state index in [1.165, 1.54) is 0 Å². The molecule has 154 valence electrons. The Morgan fingerprint density at radius 2 is 1.83 bits per heavy atom. The molecule has 0 spiro atoms. The van der Waals surface area contributed by atoms with Gasteiger partial charge in [0.25, 0.3) is 5.91 Å². The third-order valence-corrected chi connectivity index (χ3v) is 4.34. The lowest BCUT2D eigenvalue weighted by Gasteiger charge is -2.12. The van der Waals surface area contributed by atoms with E-state index in [0.717, 1.165) is 17.7 Å². The number of aryl methyl sites for hydroxylation is 1. The molecule has 0 aliphatic carbocycles. The highest BCUT2D eigenvalue weighted by atomic mass is 32.1. The molecule has 2 aromatic rings. The minimum atomic E-state index is -0.303. The van der Waals surface area contributed by atoms with Crippen molar-refractivity contribution in [3.63, 3.8) is 0 Å². The van der Waals surface area contributed by atoms with Crippen molar-refractivity contribution < 1.29 is 14.3 Å². The summed E-state index contributed by atoms with van der Waals surface area (Å²) in [6.07, 6.45) is 2.04. The highest BCUT2D eigenvalue weighted by Gasteiger charge is 2.09. The summed E-state index contributed by atoms with van der Waals surface area (Å²) in [4.78, 5) is 25.7. The number of rotatable bonds is 8. The second kappa shape index (κ2) is 11.2. The predicted octanol–water partition coefficient (Wildman–Crippen LogP) is 3.62. The molecule has 0 unspecified atom stereocenters. The van der Waals surface area contributed by atoms with E-state index in [1.807, 2.05) is 37.3 Å². The van der Waals surface area contributed by atoms with Crippen LogP contribution in [0, 0.1) is 0 Å². The second-order valence-electron chi connectivity index (χ2n) is 6.77. The molecular formula is C22H27N3O3S. The molecular weight excluding hydrogens is 386 g/mol.